The summed E-state index contributed by atoms with van der Waals surface area (Å²) in [5, 5.41) is 0. The molecule has 0 saturated carbocycles. The Balaban J connectivity index is 2.17. The molecule has 0 radical (unpaired) electrons. The fraction of sp³-hybridized carbons (Fsp3) is 0.417. The van der Waals surface area contributed by atoms with E-state index in [2.05, 4.69) is 30.3 Å². The van der Waals surface area contributed by atoms with Crippen LogP contribution in [-0.4, -0.2) is 4.86 Å². The van der Waals surface area contributed by atoms with Crippen molar-refractivity contribution in [2.75, 3.05) is 0 Å². The van der Waals surface area contributed by atoms with E-state index in [0.29, 0.717) is 0 Å². The van der Waals surface area contributed by atoms with E-state index in [4.69, 9.17) is 12.2 Å². The first-order chi connectivity index (χ1) is 6.29. The molecule has 1 aromatic carbocycles. The molecule has 0 aliphatic rings. The van der Waals surface area contributed by atoms with Crippen LogP contribution in [0.2, 0.25) is 0 Å². The Kier molecular flexibility index (Phi) is 4.69. The fourth-order valence-corrected chi connectivity index (χ4v) is 1.49. The van der Waals surface area contributed by atoms with Crippen LogP contribution in [0.15, 0.2) is 30.3 Å². The zero-order chi connectivity index (χ0) is 9.52. The van der Waals surface area contributed by atoms with E-state index in [0.717, 1.165) is 11.3 Å². The Bertz CT molecular complexity index is 251. The smallest absolute Gasteiger partial charge is 0.0102 e. The average molecular weight is 192 g/mol. The SMILES string of the molecule is CC(=S)CCCCc1ccccc1. The molecule has 13 heavy (non-hydrogen) atoms. The molecule has 0 saturated heterocycles. The van der Waals surface area contributed by atoms with Crippen molar-refractivity contribution in [1.29, 1.82) is 0 Å². The predicted octanol–water partition coefficient (Wildman–Crippen LogP) is 3.79. The molecule has 0 N–H and O–H groups in total. The zero-order valence-electron chi connectivity index (χ0n) is 8.12. The van der Waals surface area contributed by atoms with Crippen LogP contribution in [0.1, 0.15) is 31.7 Å². The van der Waals surface area contributed by atoms with Gasteiger partial charge in [-0.05, 0) is 43.0 Å². The number of rotatable bonds is 5. The molecule has 0 spiro atoms. The molecule has 0 bridgehead atoms. The molecule has 0 aliphatic carbocycles. The van der Waals surface area contributed by atoms with E-state index in [-0.39, 0.29) is 0 Å². The largest absolute Gasteiger partial charge is 0.0900 e. The van der Waals surface area contributed by atoms with Crippen LogP contribution in [0, 0.1) is 0 Å². The van der Waals surface area contributed by atoms with Crippen molar-refractivity contribution < 1.29 is 0 Å². The monoisotopic (exact) mass is 192 g/mol. The van der Waals surface area contributed by atoms with Gasteiger partial charge >= 0.3 is 0 Å². The Morgan fingerprint density at radius 1 is 1.15 bits per heavy atom. The highest BCUT2D eigenvalue weighted by molar-refractivity contribution is 7.80. The summed E-state index contributed by atoms with van der Waals surface area (Å²) < 4.78 is 0. The van der Waals surface area contributed by atoms with Gasteiger partial charge in [0.15, 0.2) is 0 Å². The minimum atomic E-state index is 1.10. The maximum atomic E-state index is 5.03. The number of benzene rings is 1. The number of aryl methyl sites for hydroxylation is 1. The molecule has 1 heteroatoms. The molecule has 0 aromatic heterocycles. The van der Waals surface area contributed by atoms with Crippen LogP contribution in [0.4, 0.5) is 0 Å². The Hall–Kier alpha value is -0.690. The van der Waals surface area contributed by atoms with E-state index in [1.165, 1.54) is 24.8 Å². The summed E-state index contributed by atoms with van der Waals surface area (Å²) >= 11 is 5.03. The van der Waals surface area contributed by atoms with Gasteiger partial charge in [-0.3, -0.25) is 0 Å². The van der Waals surface area contributed by atoms with E-state index < -0.39 is 0 Å². The number of thiocarbonyl (C=S) groups is 1. The molecule has 0 aliphatic heterocycles. The van der Waals surface area contributed by atoms with Crippen molar-refractivity contribution in [2.45, 2.75) is 32.6 Å². The molecule has 0 unspecified atom stereocenters. The number of hydrogen-bond donors (Lipinski definition) is 0. The molecule has 70 valence electrons. The number of hydrogen-bond acceptors (Lipinski definition) is 1. The lowest BCUT2D eigenvalue weighted by Crippen LogP contribution is -1.89. The first-order valence-corrected chi connectivity index (χ1v) is 5.23. The van der Waals surface area contributed by atoms with Crippen molar-refractivity contribution in [3.63, 3.8) is 0 Å². The van der Waals surface area contributed by atoms with Gasteiger partial charge in [-0.15, -0.1) is 0 Å². The number of unbranched alkanes of at least 4 members (excludes halogenated alkanes) is 1. The van der Waals surface area contributed by atoms with Gasteiger partial charge in [0.25, 0.3) is 0 Å². The van der Waals surface area contributed by atoms with Gasteiger partial charge in [-0.25, -0.2) is 0 Å². The lowest BCUT2D eigenvalue weighted by atomic mass is 10.1. The quantitative estimate of drug-likeness (QED) is 0.505. The third kappa shape index (κ3) is 4.79. The van der Waals surface area contributed by atoms with Gasteiger partial charge in [0.2, 0.25) is 0 Å². The molecule has 0 amide bonds. The van der Waals surface area contributed by atoms with Gasteiger partial charge < -0.3 is 0 Å². The van der Waals surface area contributed by atoms with Crippen molar-refractivity contribution in [3.05, 3.63) is 35.9 Å². The summed E-state index contributed by atoms with van der Waals surface area (Å²) in [5.74, 6) is 0. The summed E-state index contributed by atoms with van der Waals surface area (Å²) in [6.45, 7) is 2.03. The van der Waals surface area contributed by atoms with Crippen molar-refractivity contribution in [3.8, 4) is 0 Å². The van der Waals surface area contributed by atoms with Gasteiger partial charge in [-0.1, -0.05) is 42.5 Å². The summed E-state index contributed by atoms with van der Waals surface area (Å²) in [7, 11) is 0. The maximum Gasteiger partial charge on any atom is -0.0102 e. The van der Waals surface area contributed by atoms with Crippen LogP contribution in [0.25, 0.3) is 0 Å². The molecule has 0 heterocycles. The van der Waals surface area contributed by atoms with Gasteiger partial charge in [0, 0.05) is 0 Å². The summed E-state index contributed by atoms with van der Waals surface area (Å²) in [6.07, 6.45) is 4.76. The van der Waals surface area contributed by atoms with Gasteiger partial charge in [-0.2, -0.15) is 0 Å². The van der Waals surface area contributed by atoms with E-state index >= 15 is 0 Å². The maximum absolute atomic E-state index is 5.03. The zero-order valence-corrected chi connectivity index (χ0v) is 8.94. The van der Waals surface area contributed by atoms with Crippen LogP contribution < -0.4 is 0 Å². The Morgan fingerprint density at radius 3 is 2.46 bits per heavy atom. The normalized spacial score (nSPS) is 9.92. The van der Waals surface area contributed by atoms with Crippen molar-refractivity contribution in [1.82, 2.24) is 0 Å². The Labute approximate surface area is 86.0 Å². The van der Waals surface area contributed by atoms with Crippen LogP contribution in [-0.2, 0) is 6.42 Å². The molecular formula is C12H16S. The molecule has 1 aromatic rings. The summed E-state index contributed by atoms with van der Waals surface area (Å²) in [4.78, 5) is 1.13. The van der Waals surface area contributed by atoms with Crippen molar-refractivity contribution in [2.24, 2.45) is 0 Å². The van der Waals surface area contributed by atoms with Crippen LogP contribution in [0.3, 0.4) is 0 Å². The van der Waals surface area contributed by atoms with E-state index in [1.807, 2.05) is 6.92 Å². The summed E-state index contributed by atoms with van der Waals surface area (Å²) in [6, 6.07) is 10.6. The first kappa shape index (κ1) is 10.4. The molecule has 0 nitrogen and oxygen atoms in total. The first-order valence-electron chi connectivity index (χ1n) is 4.82. The standard InChI is InChI=1S/C12H16S/c1-11(13)7-5-6-10-12-8-3-2-4-9-12/h2-4,8-9H,5-7,10H2,1H3. The van der Waals surface area contributed by atoms with E-state index in [9.17, 15) is 0 Å². The lowest BCUT2D eigenvalue weighted by Gasteiger charge is -2.00. The second-order valence-corrected chi connectivity index (χ2v) is 4.09. The lowest BCUT2D eigenvalue weighted by molar-refractivity contribution is 0.764. The summed E-state index contributed by atoms with van der Waals surface area (Å²) in [5.41, 5.74) is 1.43. The third-order valence-electron chi connectivity index (χ3n) is 2.09. The predicted molar refractivity (Wildman–Crippen MR) is 62.3 cm³/mol. The molecule has 0 atom stereocenters. The van der Waals surface area contributed by atoms with Crippen molar-refractivity contribution >= 4 is 17.1 Å². The third-order valence-corrected chi connectivity index (χ3v) is 2.29. The van der Waals surface area contributed by atoms with Crippen LogP contribution >= 0.6 is 12.2 Å². The Morgan fingerprint density at radius 2 is 1.85 bits per heavy atom. The minimum absolute atomic E-state index is 1.10. The highest BCUT2D eigenvalue weighted by Gasteiger charge is 1.92. The van der Waals surface area contributed by atoms with Gasteiger partial charge in [0.05, 0.1) is 0 Å². The second kappa shape index (κ2) is 5.87. The minimum Gasteiger partial charge on any atom is -0.0900 e. The topological polar surface area (TPSA) is 0 Å². The molecule has 1 rings (SSSR count). The molecular weight excluding hydrogens is 176 g/mol. The fourth-order valence-electron chi connectivity index (χ4n) is 1.35. The highest BCUT2D eigenvalue weighted by atomic mass is 32.1. The highest BCUT2D eigenvalue weighted by Crippen LogP contribution is 2.06. The second-order valence-electron chi connectivity index (χ2n) is 3.39. The average Bonchev–Trinajstić information content (AvgIpc) is 2.14. The van der Waals surface area contributed by atoms with Gasteiger partial charge in [0.1, 0.15) is 0 Å². The molecule has 0 fully saturated rings. The van der Waals surface area contributed by atoms with Crippen LogP contribution in [0.5, 0.6) is 0 Å². The van der Waals surface area contributed by atoms with E-state index in [1.54, 1.807) is 0 Å².